The number of hydrogen-bond acceptors (Lipinski definition) is 2. The lowest BCUT2D eigenvalue weighted by molar-refractivity contribution is 0.414. The number of benzene rings is 1. The van der Waals surface area contributed by atoms with Gasteiger partial charge < -0.3 is 9.72 Å². The highest BCUT2D eigenvalue weighted by molar-refractivity contribution is 7.99. The van der Waals surface area contributed by atoms with Gasteiger partial charge in [0.15, 0.2) is 0 Å². The van der Waals surface area contributed by atoms with Crippen LogP contribution in [-0.2, 0) is 0 Å². The number of hydrogen-bond donors (Lipinski definition) is 1. The van der Waals surface area contributed by atoms with Gasteiger partial charge in [-0.05, 0) is 42.8 Å². The Balaban J connectivity index is 2.11. The second kappa shape index (κ2) is 4.45. The quantitative estimate of drug-likeness (QED) is 0.854. The lowest BCUT2D eigenvalue weighted by atomic mass is 10.3. The van der Waals surface area contributed by atoms with Gasteiger partial charge in [-0.3, -0.25) is 0 Å². The van der Waals surface area contributed by atoms with E-state index in [0.29, 0.717) is 0 Å². The van der Waals surface area contributed by atoms with Gasteiger partial charge in [-0.25, -0.2) is 0 Å². The van der Waals surface area contributed by atoms with Crippen molar-refractivity contribution in [3.8, 4) is 5.75 Å². The normalized spacial score (nSPS) is 10.3. The fourth-order valence-electron chi connectivity index (χ4n) is 1.30. The first-order chi connectivity index (χ1) is 7.28. The Morgan fingerprint density at radius 1 is 1.20 bits per heavy atom. The van der Waals surface area contributed by atoms with Crippen molar-refractivity contribution in [3.05, 3.63) is 42.1 Å². The molecular weight excluding hydrogens is 206 g/mol. The third-order valence-corrected chi connectivity index (χ3v) is 3.05. The maximum atomic E-state index is 5.11. The number of rotatable bonds is 3. The molecule has 0 saturated carbocycles. The molecule has 2 nitrogen and oxygen atoms in total. The van der Waals surface area contributed by atoms with Crippen LogP contribution in [0.3, 0.4) is 0 Å². The summed E-state index contributed by atoms with van der Waals surface area (Å²) in [5.41, 5.74) is 1.26. The smallest absolute Gasteiger partial charge is 0.118 e. The average Bonchev–Trinajstić information content (AvgIpc) is 2.65. The molecule has 0 aliphatic rings. The molecule has 0 atom stereocenters. The van der Waals surface area contributed by atoms with Crippen LogP contribution in [0.4, 0.5) is 0 Å². The molecule has 1 N–H and O–H groups in total. The van der Waals surface area contributed by atoms with Gasteiger partial charge in [0.2, 0.25) is 0 Å². The maximum absolute atomic E-state index is 5.11. The maximum Gasteiger partial charge on any atom is 0.118 e. The zero-order chi connectivity index (χ0) is 10.7. The summed E-state index contributed by atoms with van der Waals surface area (Å²) in [6.45, 7) is 2.08. The van der Waals surface area contributed by atoms with Crippen LogP contribution in [0.2, 0.25) is 0 Å². The summed E-state index contributed by atoms with van der Waals surface area (Å²) in [5.74, 6) is 0.891. The van der Waals surface area contributed by atoms with Crippen molar-refractivity contribution in [2.45, 2.75) is 16.8 Å². The van der Waals surface area contributed by atoms with E-state index in [-0.39, 0.29) is 0 Å². The predicted octanol–water partition coefficient (Wildman–Crippen LogP) is 3.48. The van der Waals surface area contributed by atoms with E-state index in [1.54, 1.807) is 18.9 Å². The lowest BCUT2D eigenvalue weighted by Crippen LogP contribution is -1.81. The Kier molecular flexibility index (Phi) is 3.02. The van der Waals surface area contributed by atoms with Crippen LogP contribution in [-0.4, -0.2) is 12.1 Å². The van der Waals surface area contributed by atoms with Crippen molar-refractivity contribution in [3.63, 3.8) is 0 Å². The minimum absolute atomic E-state index is 0.891. The molecule has 0 aliphatic carbocycles. The molecule has 0 bridgehead atoms. The van der Waals surface area contributed by atoms with E-state index in [9.17, 15) is 0 Å². The van der Waals surface area contributed by atoms with Gasteiger partial charge in [-0.15, -0.1) is 0 Å². The number of nitrogens with one attached hydrogen (secondary N) is 1. The van der Waals surface area contributed by atoms with E-state index in [0.717, 1.165) is 10.8 Å². The average molecular weight is 219 g/mol. The molecule has 0 fully saturated rings. The molecule has 0 saturated heterocycles. The molecule has 0 spiro atoms. The van der Waals surface area contributed by atoms with Crippen LogP contribution >= 0.6 is 11.8 Å². The topological polar surface area (TPSA) is 25.0 Å². The molecule has 1 aromatic heterocycles. The van der Waals surface area contributed by atoms with Gasteiger partial charge in [-0.2, -0.15) is 0 Å². The number of methoxy groups -OCH3 is 1. The lowest BCUT2D eigenvalue weighted by Gasteiger charge is -2.01. The summed E-state index contributed by atoms with van der Waals surface area (Å²) in [5, 5.41) is 1.16. The van der Waals surface area contributed by atoms with Gasteiger partial charge in [0.1, 0.15) is 5.75 Å². The molecule has 0 aliphatic heterocycles. The SMILES string of the molecule is COc1ccc(Sc2cc(C)c[nH]2)cc1. The molecule has 15 heavy (non-hydrogen) atoms. The highest BCUT2D eigenvalue weighted by atomic mass is 32.2. The van der Waals surface area contributed by atoms with E-state index in [1.807, 2.05) is 18.3 Å². The summed E-state index contributed by atoms with van der Waals surface area (Å²) < 4.78 is 5.11. The minimum Gasteiger partial charge on any atom is -0.497 e. The van der Waals surface area contributed by atoms with Crippen LogP contribution in [0.5, 0.6) is 5.75 Å². The van der Waals surface area contributed by atoms with Crippen LogP contribution in [0.25, 0.3) is 0 Å². The number of H-pyrrole nitrogens is 1. The molecule has 0 amide bonds. The van der Waals surface area contributed by atoms with E-state index < -0.39 is 0 Å². The molecule has 0 radical (unpaired) electrons. The monoisotopic (exact) mass is 219 g/mol. The summed E-state index contributed by atoms with van der Waals surface area (Å²) in [6.07, 6.45) is 2.01. The van der Waals surface area contributed by atoms with Gasteiger partial charge in [0.25, 0.3) is 0 Å². The molecule has 2 rings (SSSR count). The van der Waals surface area contributed by atoms with Crippen LogP contribution < -0.4 is 4.74 Å². The summed E-state index contributed by atoms with van der Waals surface area (Å²) >= 11 is 1.72. The minimum atomic E-state index is 0.891. The van der Waals surface area contributed by atoms with Gasteiger partial charge >= 0.3 is 0 Å². The summed E-state index contributed by atoms with van der Waals surface area (Å²) in [6, 6.07) is 10.2. The van der Waals surface area contributed by atoms with E-state index >= 15 is 0 Å². The Morgan fingerprint density at radius 2 is 1.93 bits per heavy atom. The third-order valence-electron chi connectivity index (χ3n) is 2.09. The molecule has 0 unspecified atom stereocenters. The number of aryl methyl sites for hydroxylation is 1. The van der Waals surface area contributed by atoms with E-state index in [2.05, 4.69) is 30.1 Å². The fraction of sp³-hybridized carbons (Fsp3) is 0.167. The Labute approximate surface area is 93.7 Å². The number of aromatic amines is 1. The van der Waals surface area contributed by atoms with E-state index in [4.69, 9.17) is 4.74 Å². The standard InChI is InChI=1S/C12H13NOS/c1-9-7-12(13-8-9)15-11-5-3-10(14-2)4-6-11/h3-8,13H,1-2H3. The van der Waals surface area contributed by atoms with Gasteiger partial charge in [0.05, 0.1) is 12.1 Å². The predicted molar refractivity (Wildman–Crippen MR) is 62.6 cm³/mol. The molecule has 1 heterocycles. The Bertz CT molecular complexity index is 433. The zero-order valence-electron chi connectivity index (χ0n) is 8.78. The van der Waals surface area contributed by atoms with Crippen molar-refractivity contribution < 1.29 is 4.74 Å². The van der Waals surface area contributed by atoms with Gasteiger partial charge in [-0.1, -0.05) is 11.8 Å². The highest BCUT2D eigenvalue weighted by Gasteiger charge is 1.99. The Morgan fingerprint density at radius 3 is 2.47 bits per heavy atom. The molecule has 2 aromatic rings. The molecule has 3 heteroatoms. The van der Waals surface area contributed by atoms with Crippen molar-refractivity contribution in [1.82, 2.24) is 4.98 Å². The first kappa shape index (κ1) is 10.2. The zero-order valence-corrected chi connectivity index (χ0v) is 9.60. The first-order valence-corrected chi connectivity index (χ1v) is 5.56. The van der Waals surface area contributed by atoms with Crippen molar-refractivity contribution in [2.24, 2.45) is 0 Å². The fourth-order valence-corrected chi connectivity index (χ4v) is 2.19. The van der Waals surface area contributed by atoms with Crippen LogP contribution in [0, 0.1) is 6.92 Å². The largest absolute Gasteiger partial charge is 0.497 e. The van der Waals surface area contributed by atoms with E-state index in [1.165, 1.54) is 10.5 Å². The Hall–Kier alpha value is -1.35. The summed E-state index contributed by atoms with van der Waals surface area (Å²) in [7, 11) is 1.68. The van der Waals surface area contributed by atoms with Gasteiger partial charge in [0, 0.05) is 11.1 Å². The molecule has 78 valence electrons. The summed E-state index contributed by atoms with van der Waals surface area (Å²) in [4.78, 5) is 4.42. The van der Waals surface area contributed by atoms with Crippen LogP contribution in [0.1, 0.15) is 5.56 Å². The molecule has 1 aromatic carbocycles. The first-order valence-electron chi connectivity index (χ1n) is 4.75. The number of aromatic nitrogens is 1. The van der Waals surface area contributed by atoms with Crippen molar-refractivity contribution in [1.29, 1.82) is 0 Å². The van der Waals surface area contributed by atoms with Crippen molar-refractivity contribution in [2.75, 3.05) is 7.11 Å². The van der Waals surface area contributed by atoms with Crippen LogP contribution in [0.15, 0.2) is 46.5 Å². The second-order valence-corrected chi connectivity index (χ2v) is 4.43. The van der Waals surface area contributed by atoms with Crippen molar-refractivity contribution >= 4 is 11.8 Å². The highest BCUT2D eigenvalue weighted by Crippen LogP contribution is 2.28. The third kappa shape index (κ3) is 2.57. The second-order valence-electron chi connectivity index (χ2n) is 3.32. The number of ether oxygens (including phenoxy) is 1. The molecular formula is C12H13NOS.